The predicted molar refractivity (Wildman–Crippen MR) is 363 cm³/mol. The molecule has 3 aromatic heterocycles. The smallest absolute Gasteiger partial charge is 0.252 e. The third-order valence-electron chi connectivity index (χ3n) is 19.3. The van der Waals surface area contributed by atoms with E-state index in [1.54, 1.807) is 0 Å². The maximum atomic E-state index is 2.65. The van der Waals surface area contributed by atoms with Crippen LogP contribution in [0.2, 0.25) is 0 Å². The number of nitrogens with zero attached hydrogens (tertiary/aromatic N) is 6. The Hall–Kier alpha value is -11.2. The second-order valence-electron chi connectivity index (χ2n) is 23.5. The molecule has 0 N–H and O–H groups in total. The van der Waals surface area contributed by atoms with Crippen LogP contribution in [0.3, 0.4) is 0 Å². The predicted octanol–water partition coefficient (Wildman–Crippen LogP) is 15.7. The molecule has 4 aliphatic rings. The summed E-state index contributed by atoms with van der Waals surface area (Å²) in [6, 6.07) is 109. The second kappa shape index (κ2) is 17.2. The van der Waals surface area contributed by atoms with E-state index in [0.29, 0.717) is 0 Å². The number of hydrogen-bond acceptors (Lipinski definition) is 3. The number of para-hydroxylation sites is 10. The zero-order chi connectivity index (χ0) is 55.9. The van der Waals surface area contributed by atoms with Crippen LogP contribution in [0.1, 0.15) is 0 Å². The molecule has 7 heterocycles. The van der Waals surface area contributed by atoms with Crippen LogP contribution in [-0.2, 0) is 0 Å². The van der Waals surface area contributed by atoms with E-state index in [4.69, 9.17) is 0 Å². The Morgan fingerprint density at radius 1 is 0.198 bits per heavy atom. The highest BCUT2D eigenvalue weighted by Gasteiger charge is 2.48. The molecule has 16 aromatic rings. The van der Waals surface area contributed by atoms with Crippen molar-refractivity contribution < 1.29 is 0 Å². The van der Waals surface area contributed by atoms with Crippen LogP contribution < -0.4 is 47.5 Å². The normalized spacial score (nSPS) is 13.5. The van der Waals surface area contributed by atoms with Gasteiger partial charge in [0.25, 0.3) is 13.4 Å². The maximum Gasteiger partial charge on any atom is 0.252 e. The first kappa shape index (κ1) is 46.3. The fourth-order valence-electron chi connectivity index (χ4n) is 16.0. The van der Waals surface area contributed by atoms with Crippen LogP contribution >= 0.6 is 0 Å². The summed E-state index contributed by atoms with van der Waals surface area (Å²) >= 11 is 0. The first-order valence-electron chi connectivity index (χ1n) is 29.9. The van der Waals surface area contributed by atoms with Gasteiger partial charge in [-0.2, -0.15) is 0 Å². The van der Waals surface area contributed by atoms with Gasteiger partial charge in [0.1, 0.15) is 0 Å². The third kappa shape index (κ3) is 6.06. The van der Waals surface area contributed by atoms with E-state index in [1.807, 2.05) is 0 Å². The summed E-state index contributed by atoms with van der Waals surface area (Å²) in [6.07, 6.45) is 0. The van der Waals surface area contributed by atoms with Crippen molar-refractivity contribution in [3.8, 4) is 17.1 Å². The van der Waals surface area contributed by atoms with E-state index in [-0.39, 0.29) is 13.4 Å². The summed E-state index contributed by atoms with van der Waals surface area (Å²) in [4.78, 5) is 7.73. The van der Waals surface area contributed by atoms with Crippen molar-refractivity contribution in [1.29, 1.82) is 0 Å². The standard InChI is InChI=1S/C78H48B2N6/c1-4-23-49(24-5-1)81-69-42-21-15-35-60(69)79-62-47-63-71(48-70(62)82(50-25-6-2-7-26-50)73-44-52(43-72(81)76(73)79)84-64-37-16-10-29-54(64)55-30-11-17-38-65(55)84)83(51-27-8-3-9-28-51)74-45-53(85-66-39-18-12-31-56(66)57-32-13-19-40-67(57)85)46-75-77(74)80(63)61-36-22-34-59-58-33-14-20-41-68(58)86(75)78(59)61/h1-48H. The minimum Gasteiger partial charge on any atom is -0.311 e. The molecule has 20 rings (SSSR count). The average molecular weight is 1090 g/mol. The lowest BCUT2D eigenvalue weighted by Gasteiger charge is -2.46. The van der Waals surface area contributed by atoms with Crippen molar-refractivity contribution in [3.63, 3.8) is 0 Å². The molecule has 0 fully saturated rings. The Kier molecular flexibility index (Phi) is 9.26. The number of anilines is 9. The summed E-state index contributed by atoms with van der Waals surface area (Å²) in [5.41, 5.74) is 28.7. The minimum absolute atomic E-state index is 0.114. The molecular formula is C78H48B2N6. The molecule has 86 heavy (non-hydrogen) atoms. The van der Waals surface area contributed by atoms with Crippen LogP contribution in [0.15, 0.2) is 291 Å². The van der Waals surface area contributed by atoms with Gasteiger partial charge in [-0.05, 0) is 136 Å². The molecular weight excluding hydrogens is 1040 g/mol. The number of fused-ring (bicyclic) bond motifs is 17. The topological polar surface area (TPSA) is 24.5 Å². The zero-order valence-corrected chi connectivity index (χ0v) is 46.6. The van der Waals surface area contributed by atoms with E-state index in [1.165, 1.54) is 121 Å². The number of rotatable bonds is 5. The van der Waals surface area contributed by atoms with Crippen molar-refractivity contribution in [1.82, 2.24) is 13.7 Å². The third-order valence-corrected chi connectivity index (χ3v) is 19.3. The molecule has 0 saturated heterocycles. The zero-order valence-electron chi connectivity index (χ0n) is 46.6. The molecule has 0 unspecified atom stereocenters. The number of aromatic nitrogens is 3. The Labute approximate surface area is 496 Å². The van der Waals surface area contributed by atoms with Crippen molar-refractivity contribution in [3.05, 3.63) is 291 Å². The lowest BCUT2D eigenvalue weighted by Crippen LogP contribution is -2.65. The van der Waals surface area contributed by atoms with Crippen LogP contribution in [0, 0.1) is 0 Å². The van der Waals surface area contributed by atoms with Gasteiger partial charge in [0.15, 0.2) is 0 Å². The molecule has 0 saturated carbocycles. The first-order chi connectivity index (χ1) is 42.7. The van der Waals surface area contributed by atoms with Crippen LogP contribution in [-0.4, -0.2) is 27.1 Å². The SMILES string of the molecule is c1ccc(N2c3ccccc3B3c4cc5c(cc4N(c4ccccc4)c4cc(-n6c7ccccc7c7ccccc76)cc2c43)N(c2ccccc2)c2cc(-n3c4ccccc4c4ccccc43)cc3c2B5c2cccc4c5ccccc5n-3c24)cc1. The van der Waals surface area contributed by atoms with Crippen molar-refractivity contribution in [2.45, 2.75) is 0 Å². The lowest BCUT2D eigenvalue weighted by atomic mass is 9.30. The first-order valence-corrected chi connectivity index (χ1v) is 29.9. The van der Waals surface area contributed by atoms with Gasteiger partial charge in [-0.15, -0.1) is 0 Å². The Morgan fingerprint density at radius 3 is 1.01 bits per heavy atom. The highest BCUT2D eigenvalue weighted by Crippen LogP contribution is 2.50. The van der Waals surface area contributed by atoms with Gasteiger partial charge in [0.05, 0.1) is 39.0 Å². The van der Waals surface area contributed by atoms with Gasteiger partial charge >= 0.3 is 0 Å². The largest absolute Gasteiger partial charge is 0.311 e. The van der Waals surface area contributed by atoms with Gasteiger partial charge in [-0.3, -0.25) is 0 Å². The average Bonchev–Trinajstić information content (AvgIpc) is 2.10. The quantitative estimate of drug-likeness (QED) is 0.161. The number of hydrogen-bond donors (Lipinski definition) is 0. The molecule has 0 aliphatic carbocycles. The molecule has 8 heteroatoms. The second-order valence-corrected chi connectivity index (χ2v) is 23.5. The van der Waals surface area contributed by atoms with Crippen molar-refractivity contribution >= 4 is 163 Å². The van der Waals surface area contributed by atoms with Crippen LogP contribution in [0.25, 0.3) is 82.5 Å². The summed E-state index contributed by atoms with van der Waals surface area (Å²) in [7, 11) is 0. The molecule has 0 amide bonds. The van der Waals surface area contributed by atoms with Gasteiger partial charge in [-0.25, -0.2) is 0 Å². The van der Waals surface area contributed by atoms with E-state index in [0.717, 1.165) is 45.5 Å². The monoisotopic (exact) mass is 1090 g/mol. The summed E-state index contributed by atoms with van der Waals surface area (Å²) in [5.74, 6) is 0. The van der Waals surface area contributed by atoms with Gasteiger partial charge in [0.2, 0.25) is 0 Å². The summed E-state index contributed by atoms with van der Waals surface area (Å²) in [5, 5.41) is 7.48. The van der Waals surface area contributed by atoms with Crippen molar-refractivity contribution in [2.24, 2.45) is 0 Å². The lowest BCUT2D eigenvalue weighted by molar-refractivity contribution is 1.13. The minimum atomic E-state index is -0.127. The maximum absolute atomic E-state index is 2.65. The Morgan fingerprint density at radius 2 is 0.535 bits per heavy atom. The van der Waals surface area contributed by atoms with E-state index in [2.05, 4.69) is 320 Å². The highest BCUT2D eigenvalue weighted by atomic mass is 15.2. The van der Waals surface area contributed by atoms with Crippen molar-refractivity contribution in [2.75, 3.05) is 14.7 Å². The summed E-state index contributed by atoms with van der Waals surface area (Å²) < 4.78 is 7.60. The molecule has 0 spiro atoms. The van der Waals surface area contributed by atoms with E-state index >= 15 is 0 Å². The molecule has 396 valence electrons. The fourth-order valence-corrected chi connectivity index (χ4v) is 16.0. The number of benzene rings is 13. The van der Waals surface area contributed by atoms with Gasteiger partial charge < -0.3 is 28.4 Å². The van der Waals surface area contributed by atoms with Gasteiger partial charge in [0, 0.05) is 94.7 Å². The Balaban J connectivity index is 0.937. The van der Waals surface area contributed by atoms with E-state index < -0.39 is 0 Å². The highest BCUT2D eigenvalue weighted by molar-refractivity contribution is 7.03. The fraction of sp³-hybridized carbons (Fsp3) is 0. The van der Waals surface area contributed by atoms with Gasteiger partial charge in [-0.1, -0.05) is 188 Å². The summed E-state index contributed by atoms with van der Waals surface area (Å²) in [6.45, 7) is -0.241. The molecule has 4 aliphatic heterocycles. The van der Waals surface area contributed by atoms with E-state index in [9.17, 15) is 0 Å². The van der Waals surface area contributed by atoms with Crippen LogP contribution in [0.5, 0.6) is 0 Å². The molecule has 6 nitrogen and oxygen atoms in total. The Bertz CT molecular complexity index is 5480. The molecule has 0 bridgehead atoms. The molecule has 0 radical (unpaired) electrons. The molecule has 13 aromatic carbocycles. The molecule has 0 atom stereocenters. The van der Waals surface area contributed by atoms with Crippen LogP contribution in [0.4, 0.5) is 51.2 Å².